The second kappa shape index (κ2) is 11.3. The number of aryl methyl sites for hydroxylation is 1. The van der Waals surface area contributed by atoms with Crippen LogP contribution in [-0.4, -0.2) is 34.7 Å². The first kappa shape index (κ1) is 26.5. The standard InChI is InChI=1S/C30H29N5O5/c1-17-13-21-6-5-18(17)10-12-40-30(39)34-22-4-2-3-20(15-22)25(16-26(36)37)35-29(38)27(21)33-23-7-8-24-19(14-23)9-11-32-28(24)31/h2-9,11,13-15,25,27,33H,10,12,16H2,1H3,(H2,31,32)(H,34,39)(H,35,38)(H,36,37)/t25?,27-/m1/s1. The largest absolute Gasteiger partial charge is 0.481 e. The highest BCUT2D eigenvalue weighted by atomic mass is 16.5. The lowest BCUT2D eigenvalue weighted by atomic mass is 9.96. The van der Waals surface area contributed by atoms with Gasteiger partial charge in [0.05, 0.1) is 19.1 Å². The molecule has 2 aliphatic rings. The van der Waals surface area contributed by atoms with Gasteiger partial charge in [0.15, 0.2) is 0 Å². The van der Waals surface area contributed by atoms with Gasteiger partial charge in [0.1, 0.15) is 11.9 Å². The molecule has 1 unspecified atom stereocenters. The van der Waals surface area contributed by atoms with Crippen molar-refractivity contribution in [2.24, 2.45) is 0 Å². The zero-order valence-electron chi connectivity index (χ0n) is 21.8. The van der Waals surface area contributed by atoms with Crippen LogP contribution in [0.1, 0.15) is 40.8 Å². The molecule has 4 bridgehead atoms. The number of benzene rings is 3. The van der Waals surface area contributed by atoms with Crippen LogP contribution >= 0.6 is 0 Å². The van der Waals surface area contributed by atoms with Crippen molar-refractivity contribution in [3.8, 4) is 0 Å². The number of fused-ring (bicyclic) bond motifs is 10. The quantitative estimate of drug-likeness (QED) is 0.250. The SMILES string of the molecule is Cc1cc2ccc1CCOC(=O)Nc1cccc(c1)C(CC(=O)O)NC(=O)[C@@H]2Nc1ccc2c(N)nccc2c1. The number of carbonyl (C=O) groups excluding carboxylic acids is 2. The Morgan fingerprint density at radius 1 is 1.10 bits per heavy atom. The molecule has 0 fully saturated rings. The number of aliphatic carboxylic acids is 1. The van der Waals surface area contributed by atoms with Gasteiger partial charge < -0.3 is 26.2 Å². The lowest BCUT2D eigenvalue weighted by molar-refractivity contribution is -0.137. The van der Waals surface area contributed by atoms with E-state index in [1.165, 1.54) is 0 Å². The first-order valence-electron chi connectivity index (χ1n) is 12.8. The number of ether oxygens (including phenoxy) is 1. The van der Waals surface area contributed by atoms with E-state index >= 15 is 0 Å². The van der Waals surface area contributed by atoms with Crippen LogP contribution in [0.4, 0.5) is 22.0 Å². The summed E-state index contributed by atoms with van der Waals surface area (Å²) in [6, 6.07) is 18.0. The van der Waals surface area contributed by atoms with E-state index in [2.05, 4.69) is 20.9 Å². The highest BCUT2D eigenvalue weighted by Gasteiger charge is 2.26. The Kier molecular flexibility index (Phi) is 7.50. The molecule has 3 heterocycles. The van der Waals surface area contributed by atoms with E-state index in [1.54, 1.807) is 30.5 Å². The van der Waals surface area contributed by atoms with Gasteiger partial charge in [-0.05, 0) is 71.0 Å². The van der Waals surface area contributed by atoms with E-state index in [-0.39, 0.29) is 13.0 Å². The van der Waals surface area contributed by atoms with E-state index in [0.717, 1.165) is 21.9 Å². The minimum absolute atomic E-state index is 0.171. The molecule has 6 N–H and O–H groups in total. The van der Waals surface area contributed by atoms with Crippen LogP contribution in [0.2, 0.25) is 0 Å². The Hall–Kier alpha value is -5.12. The predicted octanol–water partition coefficient (Wildman–Crippen LogP) is 4.72. The molecule has 10 heteroatoms. The molecule has 204 valence electrons. The van der Waals surface area contributed by atoms with Crippen molar-refractivity contribution in [3.05, 3.63) is 95.2 Å². The average Bonchev–Trinajstić information content (AvgIpc) is 2.92. The number of nitrogens with two attached hydrogens (primary N) is 1. The first-order valence-corrected chi connectivity index (χ1v) is 12.8. The fraction of sp³-hybridized carbons (Fsp3) is 0.200. The van der Waals surface area contributed by atoms with Gasteiger partial charge in [-0.1, -0.05) is 30.3 Å². The normalized spacial score (nSPS) is 17.5. The topological polar surface area (TPSA) is 156 Å². The highest BCUT2D eigenvalue weighted by molar-refractivity contribution is 5.94. The van der Waals surface area contributed by atoms with E-state index in [0.29, 0.717) is 34.7 Å². The van der Waals surface area contributed by atoms with E-state index in [4.69, 9.17) is 10.5 Å². The number of pyridine rings is 1. The Balaban J connectivity index is 1.56. The second-order valence-electron chi connectivity index (χ2n) is 9.69. The number of hydrogen-bond acceptors (Lipinski definition) is 7. The maximum Gasteiger partial charge on any atom is 0.411 e. The van der Waals surface area contributed by atoms with E-state index < -0.39 is 30.1 Å². The van der Waals surface area contributed by atoms with Crippen LogP contribution in [0, 0.1) is 6.92 Å². The van der Waals surface area contributed by atoms with Gasteiger partial charge in [0.2, 0.25) is 5.91 Å². The number of carboxylic acid groups (broad SMARTS) is 1. The summed E-state index contributed by atoms with van der Waals surface area (Å²) in [5.74, 6) is -1.07. The van der Waals surface area contributed by atoms with Crippen molar-refractivity contribution in [3.63, 3.8) is 0 Å². The molecule has 40 heavy (non-hydrogen) atoms. The number of aromatic nitrogens is 1. The van der Waals surface area contributed by atoms with Crippen molar-refractivity contribution < 1.29 is 24.2 Å². The summed E-state index contributed by atoms with van der Waals surface area (Å²) in [5.41, 5.74) is 10.2. The van der Waals surface area contributed by atoms with Crippen molar-refractivity contribution in [2.45, 2.75) is 31.8 Å². The molecule has 0 saturated heterocycles. The number of anilines is 3. The smallest absolute Gasteiger partial charge is 0.411 e. The fourth-order valence-corrected chi connectivity index (χ4v) is 4.86. The molecule has 0 spiro atoms. The molecule has 6 rings (SSSR count). The first-order chi connectivity index (χ1) is 19.3. The summed E-state index contributed by atoms with van der Waals surface area (Å²) in [6.45, 7) is 2.10. The van der Waals surface area contributed by atoms with Crippen LogP contribution in [0.5, 0.6) is 0 Å². The maximum atomic E-state index is 13.9. The van der Waals surface area contributed by atoms with Crippen molar-refractivity contribution >= 4 is 45.9 Å². The van der Waals surface area contributed by atoms with Gasteiger partial charge in [-0.15, -0.1) is 0 Å². The number of hydrogen-bond donors (Lipinski definition) is 5. The molecule has 2 amide bonds. The van der Waals surface area contributed by atoms with Gasteiger partial charge in [0.25, 0.3) is 0 Å². The zero-order chi connectivity index (χ0) is 28.2. The van der Waals surface area contributed by atoms with Gasteiger partial charge in [-0.2, -0.15) is 0 Å². The third-order valence-electron chi connectivity index (χ3n) is 6.90. The van der Waals surface area contributed by atoms with Gasteiger partial charge >= 0.3 is 12.1 Å². The molecule has 2 atom stereocenters. The number of carboxylic acids is 1. The molecule has 10 nitrogen and oxygen atoms in total. The zero-order valence-corrected chi connectivity index (χ0v) is 21.8. The Morgan fingerprint density at radius 3 is 2.75 bits per heavy atom. The molecule has 1 aromatic heterocycles. The monoisotopic (exact) mass is 539 g/mol. The number of amides is 2. The van der Waals surface area contributed by atoms with E-state index in [9.17, 15) is 19.5 Å². The molecule has 4 aromatic rings. The maximum absolute atomic E-state index is 13.9. The summed E-state index contributed by atoms with van der Waals surface area (Å²) in [4.78, 5) is 42.1. The number of carbonyl (C=O) groups is 3. The lowest BCUT2D eigenvalue weighted by Crippen LogP contribution is -2.37. The highest BCUT2D eigenvalue weighted by Crippen LogP contribution is 2.29. The number of nitrogens with zero attached hydrogens (tertiary/aromatic N) is 1. The Bertz CT molecular complexity index is 1600. The summed E-state index contributed by atoms with van der Waals surface area (Å²) >= 11 is 0. The van der Waals surface area contributed by atoms with Crippen molar-refractivity contribution in [1.82, 2.24) is 10.3 Å². The predicted molar refractivity (Wildman–Crippen MR) is 152 cm³/mol. The Labute approximate surface area is 230 Å². The average molecular weight is 540 g/mol. The summed E-state index contributed by atoms with van der Waals surface area (Å²) < 4.78 is 5.36. The molecular formula is C30H29N5O5. The summed E-state index contributed by atoms with van der Waals surface area (Å²) in [5, 5.41) is 20.2. The number of rotatable bonds is 4. The third-order valence-corrected chi connectivity index (χ3v) is 6.90. The van der Waals surface area contributed by atoms with Crippen LogP contribution in [0.25, 0.3) is 10.8 Å². The van der Waals surface area contributed by atoms with E-state index in [1.807, 2.05) is 49.4 Å². The van der Waals surface area contributed by atoms with Crippen LogP contribution in [0.15, 0.2) is 72.9 Å². The molecule has 0 saturated carbocycles. The molecule has 2 aliphatic heterocycles. The fourth-order valence-electron chi connectivity index (χ4n) is 4.86. The van der Waals surface area contributed by atoms with Gasteiger partial charge in [-0.3, -0.25) is 14.9 Å². The second-order valence-corrected chi connectivity index (χ2v) is 9.69. The molecule has 0 radical (unpaired) electrons. The number of nitrogens with one attached hydrogen (secondary N) is 3. The van der Waals surface area contributed by atoms with Gasteiger partial charge in [0, 0.05) is 29.4 Å². The summed E-state index contributed by atoms with van der Waals surface area (Å²) in [7, 11) is 0. The van der Waals surface area contributed by atoms with Crippen LogP contribution in [-0.2, 0) is 20.7 Å². The molecule has 0 aliphatic carbocycles. The molecular weight excluding hydrogens is 510 g/mol. The van der Waals surface area contributed by atoms with Gasteiger partial charge in [-0.25, -0.2) is 9.78 Å². The number of nitrogen functional groups attached to an aromatic ring is 1. The minimum Gasteiger partial charge on any atom is -0.481 e. The summed E-state index contributed by atoms with van der Waals surface area (Å²) in [6.07, 6.45) is 1.16. The van der Waals surface area contributed by atoms with Crippen molar-refractivity contribution in [2.75, 3.05) is 23.0 Å². The van der Waals surface area contributed by atoms with Crippen LogP contribution < -0.4 is 21.7 Å². The Morgan fingerprint density at radius 2 is 1.95 bits per heavy atom. The minimum atomic E-state index is -1.08. The van der Waals surface area contributed by atoms with Crippen molar-refractivity contribution in [1.29, 1.82) is 0 Å². The third kappa shape index (κ3) is 5.96. The molecule has 3 aromatic carbocycles. The van der Waals surface area contributed by atoms with Crippen LogP contribution in [0.3, 0.4) is 0 Å². The lowest BCUT2D eigenvalue weighted by Gasteiger charge is -2.25.